The van der Waals surface area contributed by atoms with Crippen molar-refractivity contribution in [2.24, 2.45) is 10.4 Å². The van der Waals surface area contributed by atoms with Crippen LogP contribution in [-0.4, -0.2) is 17.0 Å². The maximum Gasteiger partial charge on any atom is 0.161 e. The van der Waals surface area contributed by atoms with E-state index in [0.29, 0.717) is 10.7 Å². The van der Waals surface area contributed by atoms with Gasteiger partial charge in [-0.25, -0.2) is 0 Å². The zero-order chi connectivity index (χ0) is 14.0. The quantitative estimate of drug-likeness (QED) is 0.760. The molecule has 5 heteroatoms. The lowest BCUT2D eigenvalue weighted by Gasteiger charge is -2.21. The molecule has 0 bridgehead atoms. The van der Waals surface area contributed by atoms with Gasteiger partial charge in [0.05, 0.1) is 11.6 Å². The third-order valence-electron chi connectivity index (χ3n) is 2.73. The Kier molecular flexibility index (Phi) is 4.85. The lowest BCUT2D eigenvalue weighted by molar-refractivity contribution is 0.375. The predicted octanol–water partition coefficient (Wildman–Crippen LogP) is 5.42. The highest BCUT2D eigenvalue weighted by atomic mass is 79.9. The summed E-state index contributed by atoms with van der Waals surface area (Å²) in [4.78, 5) is 4.57. The number of hydrogen-bond donors (Lipinski definition) is 1. The molecule has 1 atom stereocenters. The summed E-state index contributed by atoms with van der Waals surface area (Å²) in [6.45, 7) is 7.72. The molecule has 1 unspecified atom stereocenters. The minimum atomic E-state index is 0.353. The molecule has 1 aromatic rings. The zero-order valence-electron chi connectivity index (χ0n) is 11.3. The van der Waals surface area contributed by atoms with Crippen molar-refractivity contribution in [1.82, 2.24) is 0 Å². The molecule has 1 aromatic carbocycles. The van der Waals surface area contributed by atoms with E-state index < -0.39 is 0 Å². The van der Waals surface area contributed by atoms with Crippen LogP contribution in [0.3, 0.4) is 0 Å². The zero-order valence-corrected chi connectivity index (χ0v) is 14.5. The van der Waals surface area contributed by atoms with E-state index in [1.807, 2.05) is 30.0 Å². The molecule has 0 aromatic heterocycles. The highest BCUT2D eigenvalue weighted by Gasteiger charge is 2.25. The van der Waals surface area contributed by atoms with Crippen LogP contribution >= 0.6 is 39.3 Å². The summed E-state index contributed by atoms with van der Waals surface area (Å²) in [5.74, 6) is 0. The minimum Gasteiger partial charge on any atom is -0.335 e. The van der Waals surface area contributed by atoms with Crippen LogP contribution in [0.5, 0.6) is 0 Å². The first-order chi connectivity index (χ1) is 8.83. The Morgan fingerprint density at radius 2 is 2.21 bits per heavy atom. The molecular weight excluding hydrogens is 344 g/mol. The van der Waals surface area contributed by atoms with Crippen molar-refractivity contribution >= 4 is 50.1 Å². The van der Waals surface area contributed by atoms with Crippen molar-refractivity contribution in [2.75, 3.05) is 11.9 Å². The van der Waals surface area contributed by atoms with Gasteiger partial charge in [0.15, 0.2) is 5.17 Å². The summed E-state index contributed by atoms with van der Waals surface area (Å²) in [7, 11) is 0. The Morgan fingerprint density at radius 1 is 1.47 bits per heavy atom. The second kappa shape index (κ2) is 6.06. The van der Waals surface area contributed by atoms with Gasteiger partial charge in [-0.2, -0.15) is 0 Å². The second-order valence-electron chi connectivity index (χ2n) is 5.90. The number of nitrogens with one attached hydrogen (secondary N) is 1. The number of hydrogen-bond acceptors (Lipinski definition) is 3. The van der Waals surface area contributed by atoms with E-state index in [1.165, 1.54) is 6.42 Å². The number of aliphatic imine (C=N–C) groups is 1. The van der Waals surface area contributed by atoms with E-state index in [4.69, 9.17) is 11.6 Å². The SMILES string of the molecule is CC(C)(C)CC1CN=C(Nc2ccc(Cl)c(Br)c2)S1. The fourth-order valence-electron chi connectivity index (χ4n) is 1.97. The Labute approximate surface area is 132 Å². The molecule has 1 heterocycles. The van der Waals surface area contributed by atoms with E-state index in [1.54, 1.807) is 0 Å². The number of benzene rings is 1. The van der Waals surface area contributed by atoms with E-state index in [-0.39, 0.29) is 0 Å². The number of rotatable bonds is 2. The van der Waals surface area contributed by atoms with Crippen molar-refractivity contribution < 1.29 is 0 Å². The first kappa shape index (κ1) is 15.2. The molecule has 1 aliphatic rings. The van der Waals surface area contributed by atoms with Gasteiger partial charge in [0.25, 0.3) is 0 Å². The highest BCUT2D eigenvalue weighted by Crippen LogP contribution is 2.33. The van der Waals surface area contributed by atoms with Gasteiger partial charge in [0.1, 0.15) is 0 Å². The Morgan fingerprint density at radius 3 is 2.84 bits per heavy atom. The average molecular weight is 362 g/mol. The molecule has 0 amide bonds. The summed E-state index contributed by atoms with van der Waals surface area (Å²) < 4.78 is 0.897. The van der Waals surface area contributed by atoms with Crippen LogP contribution < -0.4 is 5.32 Å². The molecule has 2 nitrogen and oxygen atoms in total. The summed E-state index contributed by atoms with van der Waals surface area (Å²) in [5, 5.41) is 5.65. The number of nitrogens with zero attached hydrogens (tertiary/aromatic N) is 1. The molecular formula is C14H18BrClN2S. The third-order valence-corrected chi connectivity index (χ3v) is 5.05. The van der Waals surface area contributed by atoms with Crippen LogP contribution in [0.1, 0.15) is 27.2 Å². The van der Waals surface area contributed by atoms with E-state index in [2.05, 4.69) is 47.0 Å². The van der Waals surface area contributed by atoms with Gasteiger partial charge in [0, 0.05) is 15.4 Å². The fourth-order valence-corrected chi connectivity index (χ4v) is 3.84. The largest absolute Gasteiger partial charge is 0.335 e. The molecule has 0 aliphatic carbocycles. The van der Waals surface area contributed by atoms with Crippen LogP contribution in [0.15, 0.2) is 27.7 Å². The van der Waals surface area contributed by atoms with Gasteiger partial charge >= 0.3 is 0 Å². The summed E-state index contributed by atoms with van der Waals surface area (Å²) >= 11 is 11.2. The van der Waals surface area contributed by atoms with E-state index >= 15 is 0 Å². The second-order valence-corrected chi connectivity index (χ2v) is 8.45. The van der Waals surface area contributed by atoms with Crippen LogP contribution in [0, 0.1) is 5.41 Å². The molecule has 0 saturated heterocycles. The van der Waals surface area contributed by atoms with Crippen LogP contribution in [0.4, 0.5) is 5.69 Å². The molecule has 2 rings (SSSR count). The van der Waals surface area contributed by atoms with E-state index in [9.17, 15) is 0 Å². The Balaban J connectivity index is 1.93. The molecule has 1 N–H and O–H groups in total. The first-order valence-electron chi connectivity index (χ1n) is 6.27. The van der Waals surface area contributed by atoms with Crippen molar-refractivity contribution in [3.8, 4) is 0 Å². The van der Waals surface area contributed by atoms with Crippen molar-refractivity contribution in [3.05, 3.63) is 27.7 Å². The number of amidine groups is 1. The van der Waals surface area contributed by atoms with Crippen molar-refractivity contribution in [1.29, 1.82) is 0 Å². The maximum absolute atomic E-state index is 5.98. The molecule has 19 heavy (non-hydrogen) atoms. The van der Waals surface area contributed by atoms with Crippen molar-refractivity contribution in [2.45, 2.75) is 32.4 Å². The van der Waals surface area contributed by atoms with Gasteiger partial charge in [-0.3, -0.25) is 4.99 Å². The molecule has 1 aliphatic heterocycles. The standard InChI is InChI=1S/C14H18BrClN2S/c1-14(2,3)7-10-8-17-13(19-10)18-9-4-5-12(16)11(15)6-9/h4-6,10H,7-8H2,1-3H3,(H,17,18). The van der Waals surface area contributed by atoms with Gasteiger partial charge in [0.2, 0.25) is 0 Å². The minimum absolute atomic E-state index is 0.353. The Bertz CT molecular complexity index is 497. The number of anilines is 1. The van der Waals surface area contributed by atoms with E-state index in [0.717, 1.165) is 26.9 Å². The van der Waals surface area contributed by atoms with Gasteiger partial charge in [-0.15, -0.1) is 0 Å². The topological polar surface area (TPSA) is 24.4 Å². The Hall–Kier alpha value is -0.190. The number of halogens is 2. The van der Waals surface area contributed by atoms with Crippen LogP contribution in [0.25, 0.3) is 0 Å². The first-order valence-corrected chi connectivity index (χ1v) is 8.32. The molecule has 0 spiro atoms. The van der Waals surface area contributed by atoms with Crippen LogP contribution in [0.2, 0.25) is 5.02 Å². The molecule has 0 radical (unpaired) electrons. The summed E-state index contributed by atoms with van der Waals surface area (Å²) in [6.07, 6.45) is 1.18. The van der Waals surface area contributed by atoms with Gasteiger partial charge < -0.3 is 5.32 Å². The highest BCUT2D eigenvalue weighted by molar-refractivity contribution is 9.10. The monoisotopic (exact) mass is 360 g/mol. The lowest BCUT2D eigenvalue weighted by atomic mass is 9.90. The normalized spacial score (nSPS) is 19.4. The third kappa shape index (κ3) is 4.69. The fraction of sp³-hybridized carbons (Fsp3) is 0.500. The predicted molar refractivity (Wildman–Crippen MR) is 90.5 cm³/mol. The van der Waals surface area contributed by atoms with Gasteiger partial charge in [-0.1, -0.05) is 44.1 Å². The summed E-state index contributed by atoms with van der Waals surface area (Å²) in [5.41, 5.74) is 1.37. The van der Waals surface area contributed by atoms with Crippen molar-refractivity contribution in [3.63, 3.8) is 0 Å². The lowest BCUT2D eigenvalue weighted by Crippen LogP contribution is -2.16. The van der Waals surface area contributed by atoms with Gasteiger partial charge in [-0.05, 0) is 46.0 Å². The molecule has 0 fully saturated rings. The smallest absolute Gasteiger partial charge is 0.161 e. The number of thioether (sulfide) groups is 1. The molecule has 0 saturated carbocycles. The molecule has 104 valence electrons. The summed E-state index contributed by atoms with van der Waals surface area (Å²) in [6, 6.07) is 5.82. The maximum atomic E-state index is 5.98. The average Bonchev–Trinajstić information content (AvgIpc) is 2.68. The van der Waals surface area contributed by atoms with Crippen LogP contribution in [-0.2, 0) is 0 Å².